The third-order valence-corrected chi connectivity index (χ3v) is 3.66. The number of benzene rings is 1. The molecule has 0 aliphatic heterocycles. The summed E-state index contributed by atoms with van der Waals surface area (Å²) in [6.45, 7) is 3.33. The van der Waals surface area contributed by atoms with Crippen molar-refractivity contribution >= 4 is 30.4 Å². The number of aliphatic carboxylic acids is 1. The number of hydrogen-bond donors (Lipinski definition) is 2. The van der Waals surface area contributed by atoms with E-state index in [4.69, 9.17) is 9.84 Å². The quantitative estimate of drug-likeness (QED) is 0.569. The normalized spacial score (nSPS) is 10.6. The first-order valence-corrected chi connectivity index (χ1v) is 8.72. The molecule has 1 aromatic carbocycles. The van der Waals surface area contributed by atoms with Crippen LogP contribution in [0.4, 0.5) is 0 Å². The SMILES string of the molecule is CC.CNC(=O)C(CCC=O)N(C)C(=O)c1cccc(OCC(=O)O)c1C=O. The second-order valence-electron chi connectivity index (χ2n) is 5.31. The zero-order chi connectivity index (χ0) is 21.7. The van der Waals surface area contributed by atoms with Gasteiger partial charge in [0.15, 0.2) is 12.9 Å². The molecule has 0 heterocycles. The number of aldehydes is 2. The molecule has 2 amide bonds. The summed E-state index contributed by atoms with van der Waals surface area (Å²) >= 11 is 0. The van der Waals surface area contributed by atoms with E-state index in [-0.39, 0.29) is 29.7 Å². The molecule has 0 radical (unpaired) electrons. The molecule has 1 unspecified atom stereocenters. The molecule has 0 bridgehead atoms. The Bertz CT molecular complexity index is 704. The third-order valence-electron chi connectivity index (χ3n) is 3.66. The molecule has 0 aliphatic rings. The standard InChI is InChI=1S/C17H20N2O7.C2H6/c1-18-16(24)13(6-4-8-20)19(2)17(25)11-5-3-7-14(12(11)9-21)26-10-15(22)23;1-2/h3,5,7-9,13H,4,6,10H2,1-2H3,(H,18,24)(H,22,23);1-2H3. The lowest BCUT2D eigenvalue weighted by molar-refractivity contribution is -0.139. The maximum absolute atomic E-state index is 12.8. The topological polar surface area (TPSA) is 130 Å². The van der Waals surface area contributed by atoms with Crippen LogP contribution >= 0.6 is 0 Å². The highest BCUT2D eigenvalue weighted by Crippen LogP contribution is 2.23. The van der Waals surface area contributed by atoms with Gasteiger partial charge in [0.25, 0.3) is 5.91 Å². The van der Waals surface area contributed by atoms with E-state index in [0.29, 0.717) is 12.6 Å². The molecular formula is C19H26N2O7. The van der Waals surface area contributed by atoms with Crippen LogP contribution in [-0.4, -0.2) is 67.1 Å². The van der Waals surface area contributed by atoms with Gasteiger partial charge in [-0.3, -0.25) is 14.4 Å². The summed E-state index contributed by atoms with van der Waals surface area (Å²) in [5.74, 6) is -2.36. The van der Waals surface area contributed by atoms with Crippen LogP contribution in [0.2, 0.25) is 0 Å². The molecule has 9 heteroatoms. The average molecular weight is 394 g/mol. The van der Waals surface area contributed by atoms with Gasteiger partial charge in [-0.25, -0.2) is 4.79 Å². The number of carboxylic acids is 1. The molecule has 0 aromatic heterocycles. The number of carboxylic acid groups (broad SMARTS) is 1. The van der Waals surface area contributed by atoms with Crippen molar-refractivity contribution in [1.82, 2.24) is 10.2 Å². The number of ether oxygens (including phenoxy) is 1. The second-order valence-corrected chi connectivity index (χ2v) is 5.31. The fourth-order valence-corrected chi connectivity index (χ4v) is 2.34. The van der Waals surface area contributed by atoms with Gasteiger partial charge in [-0.15, -0.1) is 0 Å². The summed E-state index contributed by atoms with van der Waals surface area (Å²) in [6, 6.07) is 3.27. The largest absolute Gasteiger partial charge is 0.481 e. The van der Waals surface area contributed by atoms with Gasteiger partial charge in [-0.2, -0.15) is 0 Å². The molecule has 1 atom stereocenters. The Morgan fingerprint density at radius 1 is 1.25 bits per heavy atom. The molecule has 0 aliphatic carbocycles. The predicted molar refractivity (Wildman–Crippen MR) is 102 cm³/mol. The van der Waals surface area contributed by atoms with Gasteiger partial charge in [0.05, 0.1) is 11.1 Å². The molecule has 0 fully saturated rings. The summed E-state index contributed by atoms with van der Waals surface area (Å²) in [4.78, 5) is 58.6. The predicted octanol–water partition coefficient (Wildman–Crippen LogP) is 1.15. The first-order chi connectivity index (χ1) is 13.4. The van der Waals surface area contributed by atoms with Gasteiger partial charge in [0.1, 0.15) is 18.1 Å². The first-order valence-electron chi connectivity index (χ1n) is 8.72. The lowest BCUT2D eigenvalue weighted by Crippen LogP contribution is -2.47. The van der Waals surface area contributed by atoms with Crippen molar-refractivity contribution in [2.45, 2.75) is 32.7 Å². The Morgan fingerprint density at radius 3 is 2.39 bits per heavy atom. The van der Waals surface area contributed by atoms with Gasteiger partial charge in [-0.1, -0.05) is 19.9 Å². The van der Waals surface area contributed by atoms with Crippen molar-refractivity contribution in [3.05, 3.63) is 29.3 Å². The minimum atomic E-state index is -1.23. The van der Waals surface area contributed by atoms with Crippen LogP contribution in [0.25, 0.3) is 0 Å². The summed E-state index contributed by atoms with van der Waals surface area (Å²) in [5, 5.41) is 11.1. The van der Waals surface area contributed by atoms with E-state index in [9.17, 15) is 24.0 Å². The highest BCUT2D eigenvalue weighted by Gasteiger charge is 2.28. The van der Waals surface area contributed by atoms with Crippen LogP contribution in [0.15, 0.2) is 18.2 Å². The number of rotatable bonds is 10. The minimum Gasteiger partial charge on any atom is -0.481 e. The van der Waals surface area contributed by atoms with E-state index in [1.807, 2.05) is 13.8 Å². The van der Waals surface area contributed by atoms with Crippen LogP contribution in [0, 0.1) is 0 Å². The maximum Gasteiger partial charge on any atom is 0.341 e. The second kappa shape index (κ2) is 13.0. The van der Waals surface area contributed by atoms with Crippen LogP contribution < -0.4 is 10.1 Å². The average Bonchev–Trinajstić information content (AvgIpc) is 2.72. The number of hydrogen-bond acceptors (Lipinski definition) is 6. The van der Waals surface area contributed by atoms with Gasteiger partial charge >= 0.3 is 5.97 Å². The van der Waals surface area contributed by atoms with E-state index in [2.05, 4.69) is 5.32 Å². The first kappa shape index (κ1) is 24.8. The van der Waals surface area contributed by atoms with Crippen molar-refractivity contribution < 1.29 is 33.8 Å². The van der Waals surface area contributed by atoms with Crippen molar-refractivity contribution in [3.8, 4) is 5.75 Å². The Hall–Kier alpha value is -3.23. The van der Waals surface area contributed by atoms with E-state index in [0.717, 1.165) is 4.90 Å². The number of nitrogens with one attached hydrogen (secondary N) is 1. The lowest BCUT2D eigenvalue weighted by atomic mass is 10.0. The molecule has 0 spiro atoms. The van der Waals surface area contributed by atoms with Crippen molar-refractivity contribution in [2.24, 2.45) is 0 Å². The molecule has 0 saturated heterocycles. The van der Waals surface area contributed by atoms with Crippen LogP contribution in [0.1, 0.15) is 47.4 Å². The van der Waals surface area contributed by atoms with E-state index in [1.54, 1.807) is 0 Å². The summed E-state index contributed by atoms with van der Waals surface area (Å²) in [6.07, 6.45) is 1.24. The van der Waals surface area contributed by atoms with Gasteiger partial charge in [0.2, 0.25) is 5.91 Å². The number of amides is 2. The molecule has 0 saturated carbocycles. The molecule has 154 valence electrons. The van der Waals surface area contributed by atoms with Gasteiger partial charge < -0.3 is 24.9 Å². The zero-order valence-corrected chi connectivity index (χ0v) is 16.4. The Balaban J connectivity index is 0.00000352. The monoisotopic (exact) mass is 394 g/mol. The Labute approximate surface area is 163 Å². The van der Waals surface area contributed by atoms with Crippen molar-refractivity contribution in [1.29, 1.82) is 0 Å². The maximum atomic E-state index is 12.8. The fraction of sp³-hybridized carbons (Fsp3) is 0.421. The van der Waals surface area contributed by atoms with E-state index < -0.39 is 30.4 Å². The summed E-state index contributed by atoms with van der Waals surface area (Å²) in [5.41, 5.74) is -0.151. The van der Waals surface area contributed by atoms with E-state index >= 15 is 0 Å². The molecule has 28 heavy (non-hydrogen) atoms. The van der Waals surface area contributed by atoms with Crippen molar-refractivity contribution in [2.75, 3.05) is 20.7 Å². The Morgan fingerprint density at radius 2 is 1.89 bits per heavy atom. The zero-order valence-electron chi connectivity index (χ0n) is 16.4. The highest BCUT2D eigenvalue weighted by atomic mass is 16.5. The minimum absolute atomic E-state index is 0.0367. The lowest BCUT2D eigenvalue weighted by Gasteiger charge is -2.27. The fourth-order valence-electron chi connectivity index (χ4n) is 2.34. The summed E-state index contributed by atoms with van der Waals surface area (Å²) in [7, 11) is 2.79. The summed E-state index contributed by atoms with van der Waals surface area (Å²) < 4.78 is 5.03. The van der Waals surface area contributed by atoms with Gasteiger partial charge in [-0.05, 0) is 18.6 Å². The van der Waals surface area contributed by atoms with Gasteiger partial charge in [0, 0.05) is 20.5 Å². The molecule has 9 nitrogen and oxygen atoms in total. The van der Waals surface area contributed by atoms with Crippen LogP contribution in [0.5, 0.6) is 5.75 Å². The highest BCUT2D eigenvalue weighted by molar-refractivity contribution is 6.04. The van der Waals surface area contributed by atoms with Crippen molar-refractivity contribution in [3.63, 3.8) is 0 Å². The Kier molecular flexibility index (Phi) is 11.5. The van der Waals surface area contributed by atoms with Crippen LogP contribution in [0.3, 0.4) is 0 Å². The van der Waals surface area contributed by atoms with E-state index in [1.165, 1.54) is 32.3 Å². The third kappa shape index (κ3) is 6.82. The number of carbonyl (C=O) groups excluding carboxylic acids is 4. The molecule has 1 rings (SSSR count). The number of nitrogens with zero attached hydrogens (tertiary/aromatic N) is 1. The van der Waals surface area contributed by atoms with Crippen LogP contribution in [-0.2, 0) is 14.4 Å². The number of likely N-dealkylation sites (N-methyl/N-ethyl adjacent to an activating group) is 2. The number of carbonyl (C=O) groups is 5. The smallest absolute Gasteiger partial charge is 0.341 e. The molecule has 1 aromatic rings. The molecular weight excluding hydrogens is 368 g/mol. The molecule has 2 N–H and O–H groups in total.